The van der Waals surface area contributed by atoms with Gasteiger partial charge in [0.2, 0.25) is 0 Å². The Hall–Kier alpha value is -4.40. The predicted molar refractivity (Wildman–Crippen MR) is 159 cm³/mol. The van der Waals surface area contributed by atoms with Crippen molar-refractivity contribution in [2.24, 2.45) is 4.99 Å². The first-order valence-corrected chi connectivity index (χ1v) is 14.1. The van der Waals surface area contributed by atoms with Gasteiger partial charge in [0, 0.05) is 25.1 Å². The standard InChI is InChI=1S/C32H24N2O4S2/c1-37-21-7-15-25(16-8-21)39-23-11-3-19(4-12-23)29-27-28(32(36)33-29)30(34-31(27)35)20-5-13-24(14-6-20)40-26-17-9-22(38-2)10-18-26/h3-18,33,36H,1-2H3. The maximum atomic E-state index is 13.0. The lowest BCUT2D eigenvalue weighted by Gasteiger charge is -2.06. The highest BCUT2D eigenvalue weighted by atomic mass is 32.2. The highest BCUT2D eigenvalue weighted by molar-refractivity contribution is 7.99. The number of aromatic nitrogens is 1. The molecule has 40 heavy (non-hydrogen) atoms. The minimum atomic E-state index is -0.370. The first kappa shape index (κ1) is 25.9. The number of ether oxygens (including phenoxy) is 2. The molecule has 0 fully saturated rings. The molecule has 0 aliphatic carbocycles. The van der Waals surface area contributed by atoms with Crippen LogP contribution < -0.4 is 9.47 Å². The second-order valence-electron chi connectivity index (χ2n) is 8.97. The molecule has 2 heterocycles. The number of carbonyl (C=O) groups is 1. The number of nitrogens with zero attached hydrogens (tertiary/aromatic N) is 1. The van der Waals surface area contributed by atoms with Gasteiger partial charge >= 0.3 is 0 Å². The van der Waals surface area contributed by atoms with Crippen molar-refractivity contribution in [3.63, 3.8) is 0 Å². The smallest absolute Gasteiger partial charge is 0.280 e. The number of aromatic hydroxyl groups is 1. The molecule has 0 unspecified atom stereocenters. The number of rotatable bonds is 8. The molecule has 6 rings (SSSR count). The first-order valence-electron chi connectivity index (χ1n) is 12.5. The number of aromatic amines is 1. The van der Waals surface area contributed by atoms with E-state index in [9.17, 15) is 9.90 Å². The van der Waals surface area contributed by atoms with E-state index in [0.29, 0.717) is 22.5 Å². The largest absolute Gasteiger partial charge is 0.497 e. The fourth-order valence-electron chi connectivity index (χ4n) is 4.50. The van der Waals surface area contributed by atoms with Gasteiger partial charge in [0.25, 0.3) is 5.91 Å². The van der Waals surface area contributed by atoms with Crippen molar-refractivity contribution >= 4 is 35.1 Å². The molecule has 1 amide bonds. The molecular weight excluding hydrogens is 540 g/mol. The summed E-state index contributed by atoms with van der Waals surface area (Å²) in [5.74, 6) is 1.19. The van der Waals surface area contributed by atoms with E-state index >= 15 is 0 Å². The van der Waals surface area contributed by atoms with E-state index in [1.54, 1.807) is 37.7 Å². The minimum Gasteiger partial charge on any atom is -0.497 e. The SMILES string of the molecule is COc1ccc(Sc2ccc(C3=NC(=O)c4c(-c5ccc(Sc6ccc(OC)cc6)cc5)[nH]c(O)c43)cc2)cc1. The number of nitrogens with one attached hydrogen (secondary N) is 1. The third-order valence-electron chi connectivity index (χ3n) is 6.51. The van der Waals surface area contributed by atoms with Gasteiger partial charge in [-0.25, -0.2) is 4.99 Å². The van der Waals surface area contributed by atoms with E-state index in [4.69, 9.17) is 9.47 Å². The number of amides is 1. The molecule has 2 N–H and O–H groups in total. The van der Waals surface area contributed by atoms with Crippen molar-refractivity contribution in [2.45, 2.75) is 19.6 Å². The normalized spacial score (nSPS) is 12.2. The zero-order valence-corrected chi connectivity index (χ0v) is 23.3. The summed E-state index contributed by atoms with van der Waals surface area (Å²) < 4.78 is 10.5. The first-order chi connectivity index (χ1) is 19.5. The van der Waals surface area contributed by atoms with Crippen LogP contribution in [0.2, 0.25) is 0 Å². The van der Waals surface area contributed by atoms with Crippen LogP contribution in [0.25, 0.3) is 11.3 Å². The summed E-state index contributed by atoms with van der Waals surface area (Å²) in [6.07, 6.45) is 0. The number of hydrogen-bond acceptors (Lipinski definition) is 6. The Morgan fingerprint density at radius 3 is 1.50 bits per heavy atom. The molecule has 0 spiro atoms. The zero-order chi connectivity index (χ0) is 27.6. The van der Waals surface area contributed by atoms with Crippen LogP contribution in [0.3, 0.4) is 0 Å². The van der Waals surface area contributed by atoms with Crippen molar-refractivity contribution in [1.82, 2.24) is 4.98 Å². The molecule has 0 radical (unpaired) electrons. The van der Waals surface area contributed by atoms with Crippen molar-refractivity contribution in [2.75, 3.05) is 14.2 Å². The van der Waals surface area contributed by atoms with Crippen LogP contribution in [0, 0.1) is 0 Å². The van der Waals surface area contributed by atoms with Gasteiger partial charge in [-0.1, -0.05) is 47.8 Å². The third-order valence-corrected chi connectivity index (χ3v) is 8.54. The summed E-state index contributed by atoms with van der Waals surface area (Å²) in [5.41, 5.74) is 3.41. The number of fused-ring (bicyclic) bond motifs is 1. The predicted octanol–water partition coefficient (Wildman–Crippen LogP) is 7.70. The van der Waals surface area contributed by atoms with Gasteiger partial charge in [-0.2, -0.15) is 0 Å². The summed E-state index contributed by atoms with van der Waals surface area (Å²) in [7, 11) is 3.29. The van der Waals surface area contributed by atoms with Crippen LogP contribution >= 0.6 is 23.5 Å². The zero-order valence-electron chi connectivity index (χ0n) is 21.7. The van der Waals surface area contributed by atoms with Gasteiger partial charge in [0.1, 0.15) is 11.5 Å². The van der Waals surface area contributed by atoms with Crippen molar-refractivity contribution in [3.8, 4) is 28.6 Å². The van der Waals surface area contributed by atoms with Crippen molar-refractivity contribution in [1.29, 1.82) is 0 Å². The highest BCUT2D eigenvalue weighted by Gasteiger charge is 2.33. The number of hydrogen-bond donors (Lipinski definition) is 2. The van der Waals surface area contributed by atoms with E-state index in [1.165, 1.54) is 0 Å². The van der Waals surface area contributed by atoms with Gasteiger partial charge in [-0.3, -0.25) is 4.79 Å². The van der Waals surface area contributed by atoms with E-state index in [1.807, 2.05) is 97.1 Å². The van der Waals surface area contributed by atoms with Crippen molar-refractivity contribution in [3.05, 3.63) is 114 Å². The third kappa shape index (κ3) is 5.11. The van der Waals surface area contributed by atoms with Gasteiger partial charge in [0.05, 0.1) is 36.8 Å². The topological polar surface area (TPSA) is 83.9 Å². The van der Waals surface area contributed by atoms with E-state index in [0.717, 1.165) is 42.2 Å². The average molecular weight is 565 g/mol. The van der Waals surface area contributed by atoms with E-state index in [-0.39, 0.29) is 11.8 Å². The maximum Gasteiger partial charge on any atom is 0.280 e. The Bertz CT molecular complexity index is 1710. The van der Waals surface area contributed by atoms with Crippen LogP contribution in [0.4, 0.5) is 0 Å². The summed E-state index contributed by atoms with van der Waals surface area (Å²) in [4.78, 5) is 24.6. The van der Waals surface area contributed by atoms with Crippen LogP contribution in [0.1, 0.15) is 21.5 Å². The Balaban J connectivity index is 1.21. The Labute approximate surface area is 240 Å². The molecule has 6 nitrogen and oxygen atoms in total. The fourth-order valence-corrected chi connectivity index (χ4v) is 6.13. The van der Waals surface area contributed by atoms with Crippen LogP contribution in [0.5, 0.6) is 17.4 Å². The van der Waals surface area contributed by atoms with Gasteiger partial charge in [0.15, 0.2) is 5.88 Å². The molecule has 5 aromatic rings. The van der Waals surface area contributed by atoms with Gasteiger partial charge < -0.3 is 19.6 Å². The second kappa shape index (κ2) is 11.0. The number of methoxy groups -OCH3 is 2. The van der Waals surface area contributed by atoms with Crippen LogP contribution in [0.15, 0.2) is 122 Å². The van der Waals surface area contributed by atoms with Crippen LogP contribution in [-0.2, 0) is 0 Å². The van der Waals surface area contributed by atoms with Gasteiger partial charge in [-0.15, -0.1) is 0 Å². The average Bonchev–Trinajstić information content (AvgIpc) is 3.52. The summed E-state index contributed by atoms with van der Waals surface area (Å²) >= 11 is 3.26. The van der Waals surface area contributed by atoms with E-state index < -0.39 is 0 Å². The monoisotopic (exact) mass is 564 g/mol. The quantitative estimate of drug-likeness (QED) is 0.201. The van der Waals surface area contributed by atoms with Crippen molar-refractivity contribution < 1.29 is 19.4 Å². The number of benzene rings is 4. The number of aliphatic imine (C=N–C) groups is 1. The molecule has 1 aliphatic heterocycles. The molecule has 198 valence electrons. The lowest BCUT2D eigenvalue weighted by molar-refractivity contribution is 0.101. The molecule has 1 aromatic heterocycles. The summed E-state index contributed by atoms with van der Waals surface area (Å²) in [6.45, 7) is 0. The Kier molecular flexibility index (Phi) is 7.11. The lowest BCUT2D eigenvalue weighted by atomic mass is 10.0. The van der Waals surface area contributed by atoms with Crippen LogP contribution in [-0.4, -0.2) is 35.9 Å². The molecule has 0 bridgehead atoms. The summed E-state index contributed by atoms with van der Waals surface area (Å²) in [6, 6.07) is 31.4. The van der Waals surface area contributed by atoms with Gasteiger partial charge in [-0.05, 0) is 78.4 Å². The lowest BCUT2D eigenvalue weighted by Crippen LogP contribution is -1.99. The molecular formula is C32H24N2O4S2. The highest BCUT2D eigenvalue weighted by Crippen LogP contribution is 2.39. The summed E-state index contributed by atoms with van der Waals surface area (Å²) in [5, 5.41) is 10.8. The molecule has 0 saturated heterocycles. The maximum absolute atomic E-state index is 13.0. The number of H-pyrrole nitrogens is 1. The molecule has 4 aromatic carbocycles. The molecule has 0 atom stereocenters. The Morgan fingerprint density at radius 1 is 0.625 bits per heavy atom. The second-order valence-corrected chi connectivity index (χ2v) is 11.3. The Morgan fingerprint density at radius 2 is 1.05 bits per heavy atom. The molecule has 0 saturated carbocycles. The number of carbonyl (C=O) groups excluding carboxylic acids is 1. The molecule has 8 heteroatoms. The fraction of sp³-hybridized carbons (Fsp3) is 0.0625. The minimum absolute atomic E-state index is 0.0667. The van der Waals surface area contributed by atoms with E-state index in [2.05, 4.69) is 9.98 Å². The molecule has 1 aliphatic rings.